The molecule has 2 N–H and O–H groups in total. The predicted octanol–water partition coefficient (Wildman–Crippen LogP) is 3.47. The smallest absolute Gasteiger partial charge is 0.240 e. The van der Waals surface area contributed by atoms with Crippen molar-refractivity contribution in [1.82, 2.24) is 4.72 Å². The molecule has 23 heavy (non-hydrogen) atoms. The fourth-order valence-electron chi connectivity index (χ4n) is 1.97. The van der Waals surface area contributed by atoms with Crippen LogP contribution in [0.3, 0.4) is 0 Å². The fourth-order valence-corrected chi connectivity index (χ4v) is 3.93. The van der Waals surface area contributed by atoms with Gasteiger partial charge in [0.25, 0.3) is 0 Å². The molecule has 1 amide bonds. The van der Waals surface area contributed by atoms with Crippen LogP contribution < -0.4 is 10.0 Å². The molecule has 0 aromatic heterocycles. The molecule has 0 aliphatic carbocycles. The van der Waals surface area contributed by atoms with Crippen molar-refractivity contribution in [3.05, 3.63) is 18.2 Å². The third-order valence-corrected chi connectivity index (χ3v) is 5.88. The molecule has 0 fully saturated rings. The molecule has 0 saturated heterocycles. The molecule has 7 heteroatoms. The van der Waals surface area contributed by atoms with Crippen molar-refractivity contribution in [3.63, 3.8) is 0 Å². The number of sulfonamides is 1. The monoisotopic (exact) mass is 358 g/mol. The summed E-state index contributed by atoms with van der Waals surface area (Å²) in [6.45, 7) is 7.48. The van der Waals surface area contributed by atoms with E-state index >= 15 is 0 Å². The summed E-state index contributed by atoms with van der Waals surface area (Å²) in [5.41, 5.74) is 0.531. The number of benzene rings is 1. The van der Waals surface area contributed by atoms with Crippen LogP contribution in [0.25, 0.3) is 0 Å². The molecule has 1 aromatic rings. The van der Waals surface area contributed by atoms with Gasteiger partial charge in [-0.3, -0.25) is 4.79 Å². The van der Waals surface area contributed by atoms with Crippen LogP contribution in [0.5, 0.6) is 0 Å². The highest BCUT2D eigenvalue weighted by molar-refractivity contribution is 7.98. The fraction of sp³-hybridized carbons (Fsp3) is 0.562. The van der Waals surface area contributed by atoms with E-state index in [-0.39, 0.29) is 22.8 Å². The maximum Gasteiger partial charge on any atom is 0.240 e. The Hall–Kier alpha value is -1.05. The summed E-state index contributed by atoms with van der Waals surface area (Å²) in [7, 11) is -3.60. The van der Waals surface area contributed by atoms with E-state index in [9.17, 15) is 13.2 Å². The minimum Gasteiger partial charge on any atom is -0.325 e. The molecule has 0 spiro atoms. The first-order valence-corrected chi connectivity index (χ1v) is 10.5. The SMILES string of the molecule is CCC(CC)NS(=O)(=O)c1ccc(SC)c(NC(=O)C(C)C)c1. The van der Waals surface area contributed by atoms with Gasteiger partial charge in [0.15, 0.2) is 0 Å². The summed E-state index contributed by atoms with van der Waals surface area (Å²) in [6, 6.07) is 4.73. The molecule has 0 aliphatic rings. The maximum absolute atomic E-state index is 12.5. The van der Waals surface area contributed by atoms with Gasteiger partial charge in [-0.25, -0.2) is 13.1 Å². The van der Waals surface area contributed by atoms with E-state index in [0.29, 0.717) is 5.69 Å². The molecular weight excluding hydrogens is 332 g/mol. The summed E-state index contributed by atoms with van der Waals surface area (Å²) < 4.78 is 27.7. The molecule has 0 bridgehead atoms. The number of hydrogen-bond donors (Lipinski definition) is 2. The Kier molecular flexibility index (Phi) is 7.57. The number of carbonyl (C=O) groups excluding carboxylic acids is 1. The molecule has 0 atom stereocenters. The van der Waals surface area contributed by atoms with Crippen molar-refractivity contribution in [1.29, 1.82) is 0 Å². The van der Waals surface area contributed by atoms with E-state index in [1.54, 1.807) is 26.0 Å². The van der Waals surface area contributed by atoms with Crippen LogP contribution in [-0.4, -0.2) is 26.6 Å². The van der Waals surface area contributed by atoms with Gasteiger partial charge < -0.3 is 5.32 Å². The molecule has 0 aliphatic heterocycles. The van der Waals surface area contributed by atoms with E-state index in [2.05, 4.69) is 10.0 Å². The standard InChI is InChI=1S/C16H26N2O3S2/c1-6-12(7-2)18-23(20,21)13-8-9-15(22-5)14(10-13)17-16(19)11(3)4/h8-12,18H,6-7H2,1-5H3,(H,17,19). The summed E-state index contributed by atoms with van der Waals surface area (Å²) in [6.07, 6.45) is 3.35. The topological polar surface area (TPSA) is 75.3 Å². The number of thioether (sulfide) groups is 1. The van der Waals surface area contributed by atoms with Gasteiger partial charge in [0.1, 0.15) is 0 Å². The van der Waals surface area contributed by atoms with Crippen molar-refractivity contribution in [2.45, 2.75) is 56.4 Å². The van der Waals surface area contributed by atoms with Crippen LogP contribution >= 0.6 is 11.8 Å². The first-order valence-electron chi connectivity index (χ1n) is 7.76. The van der Waals surface area contributed by atoms with Crippen molar-refractivity contribution in [2.75, 3.05) is 11.6 Å². The Balaban J connectivity index is 3.16. The second-order valence-corrected chi connectivity index (χ2v) is 8.20. The lowest BCUT2D eigenvalue weighted by Gasteiger charge is -2.17. The number of amides is 1. The lowest BCUT2D eigenvalue weighted by atomic mass is 10.2. The van der Waals surface area contributed by atoms with Crippen molar-refractivity contribution < 1.29 is 13.2 Å². The largest absolute Gasteiger partial charge is 0.325 e. The number of rotatable bonds is 8. The molecule has 1 aromatic carbocycles. The van der Waals surface area contributed by atoms with Gasteiger partial charge in [-0.15, -0.1) is 11.8 Å². The predicted molar refractivity (Wildman–Crippen MR) is 96.4 cm³/mol. The Morgan fingerprint density at radius 1 is 1.22 bits per heavy atom. The van der Waals surface area contributed by atoms with E-state index in [0.717, 1.165) is 17.7 Å². The lowest BCUT2D eigenvalue weighted by Crippen LogP contribution is -2.33. The van der Waals surface area contributed by atoms with E-state index in [4.69, 9.17) is 0 Å². The molecule has 0 heterocycles. The van der Waals surface area contributed by atoms with E-state index in [1.165, 1.54) is 17.8 Å². The summed E-state index contributed by atoms with van der Waals surface area (Å²) in [4.78, 5) is 12.9. The molecule has 0 radical (unpaired) electrons. The van der Waals surface area contributed by atoms with Gasteiger partial charge in [-0.05, 0) is 37.3 Å². The van der Waals surface area contributed by atoms with Crippen molar-refractivity contribution in [3.8, 4) is 0 Å². The van der Waals surface area contributed by atoms with Crippen LogP contribution in [0, 0.1) is 5.92 Å². The Labute approximate surface area is 143 Å². The minimum atomic E-state index is -3.60. The Bertz CT molecular complexity index is 639. The third-order valence-electron chi connectivity index (χ3n) is 3.57. The van der Waals surface area contributed by atoms with Gasteiger partial charge >= 0.3 is 0 Å². The molecular formula is C16H26N2O3S2. The van der Waals surface area contributed by atoms with Gasteiger partial charge in [0.05, 0.1) is 10.6 Å². The number of carbonyl (C=O) groups is 1. The van der Waals surface area contributed by atoms with Crippen LogP contribution in [0.2, 0.25) is 0 Å². The Morgan fingerprint density at radius 2 is 1.83 bits per heavy atom. The normalized spacial score (nSPS) is 12.0. The number of anilines is 1. The van der Waals surface area contributed by atoms with Crippen LogP contribution in [0.15, 0.2) is 28.0 Å². The average Bonchev–Trinajstić information content (AvgIpc) is 2.52. The van der Waals surface area contributed by atoms with Gasteiger partial charge in [-0.1, -0.05) is 27.7 Å². The van der Waals surface area contributed by atoms with Gasteiger partial charge in [-0.2, -0.15) is 0 Å². The van der Waals surface area contributed by atoms with E-state index < -0.39 is 10.0 Å². The highest BCUT2D eigenvalue weighted by atomic mass is 32.2. The zero-order valence-electron chi connectivity index (χ0n) is 14.3. The summed E-state index contributed by atoms with van der Waals surface area (Å²) in [5, 5.41) is 2.80. The second kappa shape index (κ2) is 8.70. The molecule has 130 valence electrons. The number of nitrogens with one attached hydrogen (secondary N) is 2. The zero-order chi connectivity index (χ0) is 17.6. The molecule has 0 unspecified atom stereocenters. The zero-order valence-corrected chi connectivity index (χ0v) is 16.0. The minimum absolute atomic E-state index is 0.0890. The quantitative estimate of drug-likeness (QED) is 0.698. The van der Waals surface area contributed by atoms with Gasteiger partial charge in [0.2, 0.25) is 15.9 Å². The molecule has 0 saturated carbocycles. The average molecular weight is 359 g/mol. The summed E-state index contributed by atoms with van der Waals surface area (Å²) >= 11 is 1.46. The van der Waals surface area contributed by atoms with Crippen LogP contribution in [0.1, 0.15) is 40.5 Å². The number of hydrogen-bond acceptors (Lipinski definition) is 4. The first kappa shape index (κ1) is 20.0. The van der Waals surface area contributed by atoms with E-state index in [1.807, 2.05) is 20.1 Å². The lowest BCUT2D eigenvalue weighted by molar-refractivity contribution is -0.118. The van der Waals surface area contributed by atoms with Crippen molar-refractivity contribution in [2.24, 2.45) is 5.92 Å². The second-order valence-electron chi connectivity index (χ2n) is 5.64. The first-order chi connectivity index (χ1) is 10.7. The maximum atomic E-state index is 12.5. The summed E-state index contributed by atoms with van der Waals surface area (Å²) in [5.74, 6) is -0.310. The molecule has 5 nitrogen and oxygen atoms in total. The highest BCUT2D eigenvalue weighted by Gasteiger charge is 2.20. The van der Waals surface area contributed by atoms with Crippen molar-refractivity contribution >= 4 is 33.4 Å². The molecule has 1 rings (SSSR count). The third kappa shape index (κ3) is 5.51. The Morgan fingerprint density at radius 3 is 2.30 bits per heavy atom. The van der Waals surface area contributed by atoms with Crippen LogP contribution in [-0.2, 0) is 14.8 Å². The van der Waals surface area contributed by atoms with Crippen LogP contribution in [0.4, 0.5) is 5.69 Å². The van der Waals surface area contributed by atoms with Gasteiger partial charge in [0, 0.05) is 16.9 Å². The highest BCUT2D eigenvalue weighted by Crippen LogP contribution is 2.28.